The van der Waals surface area contributed by atoms with E-state index < -0.39 is 41.7 Å². The molecule has 23 heteroatoms. The van der Waals surface area contributed by atoms with E-state index in [1.165, 1.54) is 12.4 Å². The van der Waals surface area contributed by atoms with Crippen molar-refractivity contribution >= 4 is 62.9 Å². The number of piperazine rings is 1. The van der Waals surface area contributed by atoms with Gasteiger partial charge in [-0.15, -0.1) is 0 Å². The summed E-state index contributed by atoms with van der Waals surface area (Å²) in [5.74, 6) is -2.77. The minimum Gasteiger partial charge on any atom is -0.475 e. The lowest BCUT2D eigenvalue weighted by Crippen LogP contribution is -2.48. The SMILES string of the molecule is N#Cc1cc(NC2CCC(=O)NC2=O)c(C(=N)Cl)cc1N1CCN(CCCS(=O)N2CCC(Nc3ncc(OC(F)F)cn3)CC2)CC1.O=C(O)C(F)(F)F. The van der Waals surface area contributed by atoms with Gasteiger partial charge in [-0.2, -0.15) is 27.2 Å². The van der Waals surface area contributed by atoms with E-state index in [0.29, 0.717) is 66.8 Å². The van der Waals surface area contributed by atoms with Crippen LogP contribution in [0.25, 0.3) is 0 Å². The highest BCUT2D eigenvalue weighted by molar-refractivity contribution is 7.82. The van der Waals surface area contributed by atoms with Gasteiger partial charge >= 0.3 is 18.8 Å². The second kappa shape index (κ2) is 19.7. The number of nitrogens with zero attached hydrogens (tertiary/aromatic N) is 6. The van der Waals surface area contributed by atoms with Crippen molar-refractivity contribution in [1.29, 1.82) is 10.7 Å². The number of piperidine rings is 2. The van der Waals surface area contributed by atoms with Crippen molar-refractivity contribution in [2.75, 3.05) is 67.1 Å². The number of imide groups is 1. The zero-order valence-electron chi connectivity index (χ0n) is 29.1. The van der Waals surface area contributed by atoms with E-state index in [1.54, 1.807) is 12.1 Å². The normalized spacial score (nSPS) is 19.1. The second-order valence-corrected chi connectivity index (χ2v) is 14.4. The minimum absolute atomic E-state index is 0.0851. The zero-order chi connectivity index (χ0) is 40.3. The fraction of sp³-hybridized carbons (Fsp3) is 0.531. The van der Waals surface area contributed by atoms with Gasteiger partial charge in [0.1, 0.15) is 17.3 Å². The van der Waals surface area contributed by atoms with Crippen LogP contribution in [-0.4, -0.2) is 128 Å². The number of aliphatic carboxylic acids is 1. The Morgan fingerprint density at radius 3 is 2.29 bits per heavy atom. The average molecular weight is 821 g/mol. The number of halogens is 6. The molecule has 0 radical (unpaired) electrons. The third-order valence-corrected chi connectivity index (χ3v) is 10.5. The number of hydrogen-bond donors (Lipinski definition) is 5. The molecule has 5 rings (SSSR count). The van der Waals surface area contributed by atoms with Crippen LogP contribution in [0.2, 0.25) is 0 Å². The lowest BCUT2D eigenvalue weighted by molar-refractivity contribution is -0.192. The summed E-state index contributed by atoms with van der Waals surface area (Å²) >= 11 is 6.13. The fourth-order valence-corrected chi connectivity index (χ4v) is 7.36. The first-order valence-corrected chi connectivity index (χ1v) is 18.6. The van der Waals surface area contributed by atoms with Crippen LogP contribution in [0.5, 0.6) is 5.75 Å². The van der Waals surface area contributed by atoms with Crippen LogP contribution in [0.3, 0.4) is 0 Å². The van der Waals surface area contributed by atoms with Gasteiger partial charge in [0.05, 0.1) is 34.6 Å². The number of nitriles is 1. The Bertz CT molecular complexity index is 1750. The Kier molecular flexibility index (Phi) is 15.4. The Balaban J connectivity index is 0.000000876. The number of carboxylic acid groups (broad SMARTS) is 1. The number of alkyl halides is 5. The number of nitrogens with one attached hydrogen (secondary N) is 4. The van der Waals surface area contributed by atoms with E-state index in [1.807, 2.05) is 4.31 Å². The molecule has 0 spiro atoms. The molecule has 3 saturated heterocycles. The molecule has 3 fully saturated rings. The van der Waals surface area contributed by atoms with Gasteiger partial charge in [0.15, 0.2) is 5.75 Å². The van der Waals surface area contributed by atoms with Crippen molar-refractivity contribution in [3.05, 3.63) is 35.7 Å². The molecule has 4 heterocycles. The summed E-state index contributed by atoms with van der Waals surface area (Å²) in [6.07, 6.45) is 0.0588. The van der Waals surface area contributed by atoms with Crippen molar-refractivity contribution in [3.63, 3.8) is 0 Å². The first kappa shape index (κ1) is 43.0. The topological polar surface area (TPSA) is 217 Å². The Morgan fingerprint density at radius 2 is 1.75 bits per heavy atom. The van der Waals surface area contributed by atoms with Gasteiger partial charge in [0.2, 0.25) is 17.8 Å². The van der Waals surface area contributed by atoms with Gasteiger partial charge in [0.25, 0.3) is 0 Å². The standard InChI is InChI=1S/C30H37ClF2N10O4S.C2HF3O2/c31-27(35)22-15-25(19(16-34)14-24(22)39-23-2-3-26(44)40-28(23)45)42-11-9-41(10-12-42)6-1-13-48(46)43-7-4-20(5-8-43)38-30-36-17-21(18-37-30)47-29(32)33;3-2(4,5)1(6)7/h14-15,17-18,20,23,29,35,39H,1-13H2,(H,36,37,38)(H,40,44,45);(H,6,7). The summed E-state index contributed by atoms with van der Waals surface area (Å²) in [6, 6.07) is 4.94. The zero-order valence-corrected chi connectivity index (χ0v) is 30.7. The average Bonchev–Trinajstić information content (AvgIpc) is 3.13. The summed E-state index contributed by atoms with van der Waals surface area (Å²) in [6.45, 7) is 1.96. The van der Waals surface area contributed by atoms with Gasteiger partial charge < -0.3 is 25.4 Å². The number of ether oxygens (including phenoxy) is 1. The van der Waals surface area contributed by atoms with Gasteiger partial charge in [0, 0.05) is 68.7 Å². The van der Waals surface area contributed by atoms with Crippen molar-refractivity contribution in [3.8, 4) is 11.8 Å². The second-order valence-electron chi connectivity index (χ2n) is 12.5. The molecule has 300 valence electrons. The number of anilines is 3. The van der Waals surface area contributed by atoms with Gasteiger partial charge in [-0.3, -0.25) is 25.2 Å². The quantitative estimate of drug-likeness (QED) is 0.112. The summed E-state index contributed by atoms with van der Waals surface area (Å²) in [5.41, 5.74) is 1.81. The molecule has 55 heavy (non-hydrogen) atoms. The molecule has 3 aliphatic heterocycles. The predicted octanol–water partition coefficient (Wildman–Crippen LogP) is 3.12. The van der Waals surface area contributed by atoms with Crippen molar-refractivity contribution < 1.29 is 50.4 Å². The first-order valence-electron chi connectivity index (χ1n) is 16.9. The van der Waals surface area contributed by atoms with Crippen LogP contribution < -0.4 is 25.6 Å². The van der Waals surface area contributed by atoms with E-state index in [9.17, 15) is 41.0 Å². The molecule has 2 amide bonds. The number of carboxylic acids is 1. The van der Waals surface area contributed by atoms with Crippen LogP contribution >= 0.6 is 11.6 Å². The Hall–Kier alpha value is -4.72. The number of rotatable bonds is 13. The Labute approximate surface area is 319 Å². The Morgan fingerprint density at radius 1 is 1.11 bits per heavy atom. The lowest BCUT2D eigenvalue weighted by atomic mass is 10.0. The molecular formula is C32H38ClF5N10O6S. The number of benzene rings is 1. The van der Waals surface area contributed by atoms with E-state index >= 15 is 0 Å². The fourth-order valence-electron chi connectivity index (χ4n) is 5.95. The molecule has 0 saturated carbocycles. The smallest absolute Gasteiger partial charge is 0.475 e. The van der Waals surface area contributed by atoms with E-state index in [2.05, 4.69) is 46.5 Å². The molecule has 16 nitrogen and oxygen atoms in total. The van der Waals surface area contributed by atoms with Crippen molar-refractivity contribution in [1.82, 2.24) is 24.5 Å². The number of amides is 2. The van der Waals surface area contributed by atoms with Crippen LogP contribution in [0.15, 0.2) is 24.5 Å². The molecule has 0 aliphatic carbocycles. The summed E-state index contributed by atoms with van der Waals surface area (Å²) in [5, 5.41) is 33.5. The highest BCUT2D eigenvalue weighted by Crippen LogP contribution is 2.31. The molecule has 1 aromatic heterocycles. The highest BCUT2D eigenvalue weighted by Gasteiger charge is 2.38. The molecule has 5 N–H and O–H groups in total. The first-order chi connectivity index (χ1) is 26.0. The molecule has 1 aromatic carbocycles. The predicted molar refractivity (Wildman–Crippen MR) is 190 cm³/mol. The van der Waals surface area contributed by atoms with E-state index in [0.717, 1.165) is 38.9 Å². The van der Waals surface area contributed by atoms with Crippen LogP contribution in [0.4, 0.5) is 39.3 Å². The highest BCUT2D eigenvalue weighted by atomic mass is 35.5. The van der Waals surface area contributed by atoms with Crippen molar-refractivity contribution in [2.45, 2.75) is 57.0 Å². The molecule has 2 atom stereocenters. The molecule has 2 unspecified atom stereocenters. The van der Waals surface area contributed by atoms with Gasteiger partial charge in [-0.1, -0.05) is 11.6 Å². The van der Waals surface area contributed by atoms with Gasteiger partial charge in [-0.05, 0) is 44.4 Å². The number of carbonyl (C=O) groups excluding carboxylic acids is 2. The van der Waals surface area contributed by atoms with Crippen molar-refractivity contribution in [2.24, 2.45) is 0 Å². The molecular weight excluding hydrogens is 783 g/mol. The number of carbonyl (C=O) groups is 3. The van der Waals surface area contributed by atoms with Crippen LogP contribution in [0, 0.1) is 16.7 Å². The lowest BCUT2D eigenvalue weighted by Gasteiger charge is -2.37. The maximum absolute atomic E-state index is 13.0. The monoisotopic (exact) mass is 820 g/mol. The summed E-state index contributed by atoms with van der Waals surface area (Å²) in [7, 11) is -1.11. The minimum atomic E-state index is -5.08. The van der Waals surface area contributed by atoms with Gasteiger partial charge in [-0.25, -0.2) is 23.3 Å². The molecule has 2 aromatic rings. The summed E-state index contributed by atoms with van der Waals surface area (Å²) in [4.78, 5) is 45.1. The maximum atomic E-state index is 13.0. The molecule has 0 bridgehead atoms. The maximum Gasteiger partial charge on any atom is 0.490 e. The third kappa shape index (κ3) is 12.9. The third-order valence-electron chi connectivity index (χ3n) is 8.74. The summed E-state index contributed by atoms with van der Waals surface area (Å²) < 4.78 is 75.6. The number of aromatic nitrogens is 2. The van der Waals surface area contributed by atoms with E-state index in [4.69, 9.17) is 26.9 Å². The van der Waals surface area contributed by atoms with E-state index in [-0.39, 0.29) is 29.3 Å². The largest absolute Gasteiger partial charge is 0.490 e. The van der Waals surface area contributed by atoms with Crippen LogP contribution in [-0.2, 0) is 25.4 Å². The number of hydrogen-bond acceptors (Lipinski definition) is 13. The van der Waals surface area contributed by atoms with Crippen LogP contribution in [0.1, 0.15) is 43.2 Å². The molecule has 3 aliphatic rings.